The monoisotopic (exact) mass is 367 g/mol. The van der Waals surface area contributed by atoms with Gasteiger partial charge in [-0.25, -0.2) is 4.79 Å². The van der Waals surface area contributed by atoms with E-state index in [9.17, 15) is 4.79 Å². The summed E-state index contributed by atoms with van der Waals surface area (Å²) in [4.78, 5) is 14.3. The molecule has 26 heavy (non-hydrogen) atoms. The normalized spacial score (nSPS) is 23.8. The highest BCUT2D eigenvalue weighted by Gasteiger charge is 2.46. The Kier molecular flexibility index (Phi) is 4.18. The number of hydrogen-bond acceptors (Lipinski definition) is 4. The molecule has 0 aromatic heterocycles. The van der Waals surface area contributed by atoms with Gasteiger partial charge in [0, 0.05) is 11.4 Å². The minimum absolute atomic E-state index is 0.295. The van der Waals surface area contributed by atoms with Crippen LogP contribution in [0.1, 0.15) is 63.9 Å². The molecule has 0 bridgehead atoms. The third-order valence-corrected chi connectivity index (χ3v) is 4.53. The molecule has 1 fully saturated rings. The van der Waals surface area contributed by atoms with Crippen LogP contribution in [0.4, 0.5) is 0 Å². The summed E-state index contributed by atoms with van der Waals surface area (Å²) < 4.78 is 84.9. The first-order valence-electron chi connectivity index (χ1n) is 13.6. The van der Waals surface area contributed by atoms with Crippen LogP contribution in [0, 0.1) is 17.8 Å². The maximum absolute atomic E-state index is 13.4. The maximum Gasteiger partial charge on any atom is 0.344 e. The molecule has 4 heteroatoms. The van der Waals surface area contributed by atoms with Crippen molar-refractivity contribution in [2.75, 3.05) is 26.1 Å². The number of rotatable bonds is 8. The third-order valence-electron chi connectivity index (χ3n) is 4.53. The third kappa shape index (κ3) is 5.09. The van der Waals surface area contributed by atoms with Crippen LogP contribution < -0.4 is 0 Å². The molecule has 1 aromatic carbocycles. The largest absolute Gasteiger partial charge is 0.450 e. The molecule has 0 saturated heterocycles. The molecule has 0 spiro atoms. The Labute approximate surface area is 171 Å². The van der Waals surface area contributed by atoms with E-state index in [1.54, 1.807) is 0 Å². The Morgan fingerprint density at radius 3 is 2.62 bits per heavy atom. The van der Waals surface area contributed by atoms with Gasteiger partial charge < -0.3 is 9.85 Å². The molecular formula is C22H31NO3. The molecule has 1 aromatic rings. The topological polar surface area (TPSA) is 49.8 Å². The fourth-order valence-electron chi connectivity index (χ4n) is 3.08. The fraction of sp³-hybridized carbons (Fsp3) is 0.591. The van der Waals surface area contributed by atoms with Gasteiger partial charge in [0.05, 0.1) is 13.4 Å². The Morgan fingerprint density at radius 1 is 1.31 bits per heavy atom. The number of benzene rings is 1. The zero-order chi connectivity index (χ0) is 27.5. The molecular weight excluding hydrogens is 326 g/mol. The summed E-state index contributed by atoms with van der Waals surface area (Å²) in [5.74, 6) is 3.31. The number of carbonyl (C=O) groups is 1. The second kappa shape index (κ2) is 10.4. The van der Waals surface area contributed by atoms with E-state index in [-0.39, 0.29) is 6.54 Å². The summed E-state index contributed by atoms with van der Waals surface area (Å²) >= 11 is 0. The van der Waals surface area contributed by atoms with Gasteiger partial charge in [-0.1, -0.05) is 75.2 Å². The first-order chi connectivity index (χ1) is 16.6. The standard InChI is InChI=1S/C22H31NO3/c1-3-23(4-2)17-11-12-18-26-21(24)22(25,19-13-7-5-8-14-19)20-15-9-6-10-16-20/h5,7-8,13-14,20,25H,3-4,6,9-10,15-18H2,1-2H3/i3D2,4D2,5D,7D,8D,13D,14D,25D. The molecule has 0 radical (unpaired) electrons. The van der Waals surface area contributed by atoms with E-state index in [0.717, 1.165) is 11.3 Å². The highest BCUT2D eigenvalue weighted by atomic mass is 16.5. The lowest BCUT2D eigenvalue weighted by Crippen LogP contribution is -2.45. The average Bonchev–Trinajstić information content (AvgIpc) is 2.80. The number of nitrogens with zero attached hydrogens (tertiary/aromatic N) is 1. The van der Waals surface area contributed by atoms with Crippen molar-refractivity contribution in [1.29, 1.82) is 1.43 Å². The van der Waals surface area contributed by atoms with Gasteiger partial charge in [-0.15, -0.1) is 0 Å². The SMILES string of the molecule is [2H]OC(C(=O)OCC#CCN(C([2H])([2H])C)C([2H])([2H])C)(c1c([2H])c([2H])c([2H])c([2H])c1[2H])C1CCCCC1. The number of hydrogen-bond donors (Lipinski definition) is 1. The van der Waals surface area contributed by atoms with Crippen molar-refractivity contribution in [3.8, 4) is 11.8 Å². The number of ether oxygens (including phenoxy) is 1. The van der Waals surface area contributed by atoms with Crippen LogP contribution in [0.3, 0.4) is 0 Å². The van der Waals surface area contributed by atoms with Crippen LogP contribution in [0.2, 0.25) is 0 Å². The molecule has 1 unspecified atom stereocenters. The fourth-order valence-corrected chi connectivity index (χ4v) is 3.08. The molecule has 142 valence electrons. The molecule has 0 heterocycles. The summed E-state index contributed by atoms with van der Waals surface area (Å²) in [7, 11) is 0. The second-order valence-corrected chi connectivity index (χ2v) is 6.03. The number of carbonyl (C=O) groups excluding carboxylic acids is 1. The van der Waals surface area contributed by atoms with Crippen molar-refractivity contribution < 1.29 is 27.0 Å². The van der Waals surface area contributed by atoms with Crippen molar-refractivity contribution in [1.82, 2.24) is 4.90 Å². The van der Waals surface area contributed by atoms with Crippen molar-refractivity contribution in [2.45, 2.75) is 51.6 Å². The van der Waals surface area contributed by atoms with Crippen molar-refractivity contribution in [3.63, 3.8) is 0 Å². The van der Waals surface area contributed by atoms with Crippen molar-refractivity contribution >= 4 is 5.97 Å². The molecule has 0 amide bonds. The van der Waals surface area contributed by atoms with Crippen LogP contribution >= 0.6 is 0 Å². The van der Waals surface area contributed by atoms with Gasteiger partial charge in [-0.05, 0) is 31.4 Å². The van der Waals surface area contributed by atoms with Crippen LogP contribution in [0.15, 0.2) is 30.2 Å². The van der Waals surface area contributed by atoms with Gasteiger partial charge in [0.2, 0.25) is 1.43 Å². The number of esters is 1. The zero-order valence-electron chi connectivity index (χ0n) is 25.2. The van der Waals surface area contributed by atoms with Gasteiger partial charge in [-0.3, -0.25) is 4.90 Å². The Bertz CT molecular complexity index is 979. The van der Waals surface area contributed by atoms with Gasteiger partial charge in [0.15, 0.2) is 12.2 Å². The summed E-state index contributed by atoms with van der Waals surface area (Å²) in [6.07, 6.45) is 3.14. The van der Waals surface area contributed by atoms with Crippen LogP contribution in [0.25, 0.3) is 0 Å². The quantitative estimate of drug-likeness (QED) is 0.565. The minimum atomic E-state index is -2.26. The smallest absolute Gasteiger partial charge is 0.344 e. The van der Waals surface area contributed by atoms with Gasteiger partial charge in [-0.2, -0.15) is 0 Å². The predicted molar refractivity (Wildman–Crippen MR) is 103 cm³/mol. The van der Waals surface area contributed by atoms with Crippen molar-refractivity contribution in [3.05, 3.63) is 35.8 Å². The molecule has 4 nitrogen and oxygen atoms in total. The lowest BCUT2D eigenvalue weighted by molar-refractivity contribution is -0.174. The lowest BCUT2D eigenvalue weighted by Gasteiger charge is -2.36. The Hall–Kier alpha value is -1.83. The Balaban J connectivity index is 2.42. The predicted octanol–water partition coefficient (Wildman–Crippen LogP) is 3.34. The van der Waals surface area contributed by atoms with E-state index in [1.807, 2.05) is 0 Å². The molecule has 1 aliphatic rings. The molecule has 1 atom stereocenters. The molecule has 1 N–H and O–H groups in total. The van der Waals surface area contributed by atoms with Gasteiger partial charge in [0.1, 0.15) is 0 Å². The minimum Gasteiger partial charge on any atom is -0.450 e. The van der Waals surface area contributed by atoms with E-state index in [2.05, 4.69) is 11.8 Å². The average molecular weight is 368 g/mol. The maximum atomic E-state index is 13.4. The first kappa shape index (κ1) is 10.5. The van der Waals surface area contributed by atoms with Crippen LogP contribution in [-0.2, 0) is 15.1 Å². The van der Waals surface area contributed by atoms with E-state index >= 15 is 0 Å². The van der Waals surface area contributed by atoms with Crippen LogP contribution in [0.5, 0.6) is 0 Å². The van der Waals surface area contributed by atoms with E-state index in [0.29, 0.717) is 25.7 Å². The Morgan fingerprint density at radius 2 is 2.00 bits per heavy atom. The first-order valence-corrected chi connectivity index (χ1v) is 8.73. The lowest BCUT2D eigenvalue weighted by atomic mass is 9.73. The van der Waals surface area contributed by atoms with Crippen LogP contribution in [-0.4, -0.2) is 43.6 Å². The highest BCUT2D eigenvalue weighted by Crippen LogP contribution is 2.40. The van der Waals surface area contributed by atoms with E-state index < -0.39 is 72.9 Å². The number of aliphatic hydroxyl groups is 1. The molecule has 1 saturated carbocycles. The zero-order valence-corrected chi connectivity index (χ0v) is 15.2. The summed E-state index contributed by atoms with van der Waals surface area (Å²) in [6.45, 7) is -2.42. The molecule has 2 rings (SSSR count). The molecule has 1 aliphatic carbocycles. The van der Waals surface area contributed by atoms with Gasteiger partial charge >= 0.3 is 5.97 Å². The molecule has 0 aliphatic heterocycles. The highest BCUT2D eigenvalue weighted by molar-refractivity contribution is 5.81. The van der Waals surface area contributed by atoms with E-state index in [4.69, 9.17) is 23.6 Å². The van der Waals surface area contributed by atoms with E-state index in [1.165, 1.54) is 13.8 Å². The summed E-state index contributed by atoms with van der Waals surface area (Å²) in [5.41, 5.74) is -2.71. The summed E-state index contributed by atoms with van der Waals surface area (Å²) in [5, 5.41) is 4.97. The van der Waals surface area contributed by atoms with Gasteiger partial charge in [0.25, 0.3) is 0 Å². The summed E-state index contributed by atoms with van der Waals surface area (Å²) in [6, 6.07) is -3.23. The van der Waals surface area contributed by atoms with Crippen molar-refractivity contribution in [2.24, 2.45) is 5.92 Å². The second-order valence-electron chi connectivity index (χ2n) is 6.03.